The van der Waals surface area contributed by atoms with Crippen LogP contribution in [0.2, 0.25) is 0 Å². The highest BCUT2D eigenvalue weighted by Crippen LogP contribution is 2.32. The van der Waals surface area contributed by atoms with Gasteiger partial charge in [-0.3, -0.25) is 47.9 Å². The minimum Gasteiger partial charge on any atom is -0.508 e. The molecule has 2 aromatic heterocycles. The summed E-state index contributed by atoms with van der Waals surface area (Å²) < 4.78 is 29.8. The van der Waals surface area contributed by atoms with Gasteiger partial charge < -0.3 is 78.7 Å². The molecule has 4 aromatic carbocycles. The number of primary amides is 1. The minimum atomic E-state index is -1.53. The van der Waals surface area contributed by atoms with E-state index in [2.05, 4.69) is 47.2 Å². The maximum atomic E-state index is 15.3. The molecule has 0 aliphatic carbocycles. The number of amides is 10. The van der Waals surface area contributed by atoms with Crippen LogP contribution in [-0.4, -0.2) is 181 Å². The standard InChI is InChI=1S/C69H85F2N13O12S2/c1-39(85)53-32-60(88)79-55(27-40-12-16-47(86)17-13-40)67(95)84-24-7-21-69(84,2)68(96)82-57(62(73)90)38-98-37-42-9-5-8-41(26-42)36-97-25-20-59(87)77-52(10-3-4-22-72)63(91)76-35-61(89)78-54(28-43-33-74-50-18-14-45(70)30-48(43)50)64(92)81-56(66(94)83-23-6-11-58(83)65(93)80-53)29-44-34-75-51-19-15-46(71)31-49(44)51/h5,8-9,12-19,26,30-31,33-34,39,52-58,74-75,85-86H,3-4,6-7,10-11,20-25,27-29,32,35-38,72H2,1-2H3,(H2,73,90)(H,76,91)(H,77,87)(H,78,89)(H,79,88)(H,80,93)(H,81,92)(H,82,96)/t39-,52+,53-,54+,55+,56+,57+,58+,69+/m1/s1. The summed E-state index contributed by atoms with van der Waals surface area (Å²) in [6, 6.07) is 12.4. The summed E-state index contributed by atoms with van der Waals surface area (Å²) in [6.45, 7) is 2.63. The molecule has 3 aliphatic heterocycles. The van der Waals surface area contributed by atoms with E-state index in [-0.39, 0.29) is 76.0 Å². The van der Waals surface area contributed by atoms with Crippen LogP contribution in [0.15, 0.2) is 97.3 Å². The van der Waals surface area contributed by atoms with Crippen LogP contribution < -0.4 is 48.7 Å². The second-order valence-electron chi connectivity index (χ2n) is 25.4. The molecule has 29 heteroatoms. The quantitative estimate of drug-likeness (QED) is 0.0784. The maximum absolute atomic E-state index is 15.3. The van der Waals surface area contributed by atoms with Crippen LogP contribution in [-0.2, 0) is 78.7 Å². The van der Waals surface area contributed by atoms with Crippen molar-refractivity contribution in [1.82, 2.24) is 57.0 Å². The van der Waals surface area contributed by atoms with Gasteiger partial charge in [0.15, 0.2) is 0 Å². The van der Waals surface area contributed by atoms with Crippen LogP contribution in [0.4, 0.5) is 8.78 Å². The van der Waals surface area contributed by atoms with Crippen molar-refractivity contribution in [2.45, 2.75) is 156 Å². The van der Waals surface area contributed by atoms with Crippen molar-refractivity contribution >= 4 is 104 Å². The summed E-state index contributed by atoms with van der Waals surface area (Å²) in [5.74, 6) is -7.16. The monoisotopic (exact) mass is 1390 g/mol. The fraction of sp³-hybridized carbons (Fsp3) is 0.449. The van der Waals surface area contributed by atoms with Crippen LogP contribution in [0.1, 0.15) is 99.5 Å². The molecule has 9 rings (SSSR count). The van der Waals surface area contributed by atoms with Crippen molar-refractivity contribution in [3.63, 3.8) is 0 Å². The first-order chi connectivity index (χ1) is 47.0. The van der Waals surface area contributed by atoms with Gasteiger partial charge in [-0.15, -0.1) is 0 Å². The Morgan fingerprint density at radius 2 is 1.32 bits per heavy atom. The number of thioether (sulfide) groups is 2. The Balaban J connectivity index is 1.02. The Bertz CT molecular complexity index is 3890. The van der Waals surface area contributed by atoms with Crippen LogP contribution in [0.25, 0.3) is 21.8 Å². The smallest absolute Gasteiger partial charge is 0.246 e. The number of aromatic amines is 2. The number of carbonyl (C=O) groups is 10. The molecule has 5 heterocycles. The van der Waals surface area contributed by atoms with Gasteiger partial charge in [-0.05, 0) is 142 Å². The fourth-order valence-electron chi connectivity index (χ4n) is 12.7. The number of rotatable bonds is 12. The predicted molar refractivity (Wildman–Crippen MR) is 366 cm³/mol. The summed E-state index contributed by atoms with van der Waals surface area (Å²) in [7, 11) is 0. The van der Waals surface area contributed by atoms with E-state index in [0.717, 1.165) is 11.1 Å². The van der Waals surface area contributed by atoms with Crippen LogP contribution in [0, 0.1) is 11.6 Å². The molecular weight excluding hydrogens is 1300 g/mol. The molecule has 98 heavy (non-hydrogen) atoms. The lowest BCUT2D eigenvalue weighted by molar-refractivity contribution is -0.147. The number of phenols is 1. The van der Waals surface area contributed by atoms with Gasteiger partial charge in [-0.25, -0.2) is 8.78 Å². The fourth-order valence-corrected chi connectivity index (χ4v) is 14.6. The molecule has 6 aromatic rings. The van der Waals surface area contributed by atoms with E-state index in [1.165, 1.54) is 95.0 Å². The highest BCUT2D eigenvalue weighted by Gasteiger charge is 2.49. The number of nitrogens with two attached hydrogens (primary N) is 2. The van der Waals surface area contributed by atoms with Crippen molar-refractivity contribution in [3.8, 4) is 5.75 Å². The zero-order valence-corrected chi connectivity index (χ0v) is 56.2. The molecule has 2 saturated heterocycles. The summed E-state index contributed by atoms with van der Waals surface area (Å²) >= 11 is 2.84. The van der Waals surface area contributed by atoms with Crippen molar-refractivity contribution in [3.05, 3.63) is 137 Å². The number of aromatic nitrogens is 2. The first-order valence-electron chi connectivity index (χ1n) is 32.9. The lowest BCUT2D eigenvalue weighted by atomic mass is 9.95. The largest absolute Gasteiger partial charge is 0.508 e. The van der Waals surface area contributed by atoms with Crippen molar-refractivity contribution in [2.24, 2.45) is 11.5 Å². The van der Waals surface area contributed by atoms with E-state index >= 15 is 9.59 Å². The highest BCUT2D eigenvalue weighted by atomic mass is 32.2. The van der Waals surface area contributed by atoms with Crippen molar-refractivity contribution < 1.29 is 66.9 Å². The molecule has 2 fully saturated rings. The average molecular weight is 1390 g/mol. The number of hydrogen-bond donors (Lipinski definition) is 13. The number of phenolic OH excluding ortho intramolecular Hbond substituents is 1. The first kappa shape index (κ1) is 73.2. The normalized spacial score (nSPS) is 24.2. The number of H-pyrrole nitrogens is 2. The average Bonchev–Trinajstić information content (AvgIpc) is 1.58. The molecule has 0 saturated carbocycles. The lowest BCUT2D eigenvalue weighted by Crippen LogP contribution is -2.62. The number of unbranched alkanes of at least 4 members (excludes halogenated alkanes) is 1. The number of hydrogen-bond acceptors (Lipinski definition) is 15. The van der Waals surface area contributed by atoms with Crippen LogP contribution >= 0.6 is 23.5 Å². The Morgan fingerprint density at radius 3 is 1.97 bits per heavy atom. The van der Waals surface area contributed by atoms with Gasteiger partial charge in [0.05, 0.1) is 18.7 Å². The number of aliphatic hydroxyl groups is 1. The van der Waals surface area contributed by atoms with Crippen molar-refractivity contribution in [2.75, 3.05) is 37.7 Å². The number of benzene rings is 4. The number of aromatic hydroxyl groups is 1. The van der Waals surface area contributed by atoms with Crippen LogP contribution in [0.3, 0.4) is 0 Å². The number of carbonyl (C=O) groups excluding carboxylic acids is 10. The van der Waals surface area contributed by atoms with Gasteiger partial charge in [-0.1, -0.05) is 36.4 Å². The van der Waals surface area contributed by atoms with E-state index in [1.54, 1.807) is 25.3 Å². The summed E-state index contributed by atoms with van der Waals surface area (Å²) in [4.78, 5) is 152. The molecule has 2 bridgehead atoms. The van der Waals surface area contributed by atoms with E-state index in [0.29, 0.717) is 81.6 Å². The Morgan fingerprint density at radius 1 is 0.684 bits per heavy atom. The second-order valence-corrected chi connectivity index (χ2v) is 27.5. The molecule has 0 radical (unpaired) electrons. The summed E-state index contributed by atoms with van der Waals surface area (Å²) in [5, 5.41) is 41.3. The number of fused-ring (bicyclic) bond motifs is 6. The molecule has 3 aliphatic rings. The number of nitrogens with zero attached hydrogens (tertiary/aromatic N) is 2. The minimum absolute atomic E-state index is 0.00956. The zero-order valence-electron chi connectivity index (χ0n) is 54.6. The molecule has 25 nitrogen and oxygen atoms in total. The van der Waals surface area contributed by atoms with Gasteiger partial charge in [0.2, 0.25) is 59.1 Å². The van der Waals surface area contributed by atoms with Gasteiger partial charge in [-0.2, -0.15) is 23.5 Å². The van der Waals surface area contributed by atoms with E-state index in [1.807, 2.05) is 24.3 Å². The molecule has 524 valence electrons. The summed E-state index contributed by atoms with van der Waals surface area (Å²) in [6.07, 6.45) is 2.54. The lowest BCUT2D eigenvalue weighted by Gasteiger charge is -2.37. The maximum Gasteiger partial charge on any atom is 0.246 e. The Hall–Kier alpha value is -9.06. The van der Waals surface area contributed by atoms with E-state index in [9.17, 15) is 57.4 Å². The number of aliphatic hydroxyl groups excluding tert-OH is 1. The Labute approximate surface area is 573 Å². The molecule has 0 unspecified atom stereocenters. The molecule has 15 N–H and O–H groups in total. The topological polar surface area (TPSA) is 385 Å². The van der Waals surface area contributed by atoms with E-state index < -0.39 is 138 Å². The molecule has 10 amide bonds. The van der Waals surface area contributed by atoms with E-state index in [4.69, 9.17) is 11.5 Å². The third kappa shape index (κ3) is 19.2. The zero-order chi connectivity index (χ0) is 70.2. The molecule has 9 atom stereocenters. The number of halogens is 2. The first-order valence-corrected chi connectivity index (χ1v) is 35.2. The van der Waals surface area contributed by atoms with Gasteiger partial charge in [0.1, 0.15) is 59.2 Å². The predicted octanol–water partition coefficient (Wildman–Crippen LogP) is 3.01. The van der Waals surface area contributed by atoms with Crippen LogP contribution in [0.5, 0.6) is 5.75 Å². The molecule has 0 spiro atoms. The van der Waals surface area contributed by atoms with Gasteiger partial charge in [0.25, 0.3) is 0 Å². The Kier molecular flexibility index (Phi) is 25.4. The SMILES string of the molecule is C[C@@H](O)[C@H]1CC(=O)N[C@@H](Cc2ccc(O)cc2)C(=O)N2CCC[C@@]2(C)C(=O)N[C@H](C(N)=O)CSCc2cccc(c2)CSCCC(=O)N[C@@H](CCCCN)C(=O)NCC(=O)N[C@@H](Cc2c[nH]c3ccc(F)cc23)C(=O)N[C@@H](Cc2c[nH]c3ccc(F)cc23)C(=O)N2CCC[C@H]2C(=O)N1. The highest BCUT2D eigenvalue weighted by molar-refractivity contribution is 7.98. The number of nitrogens with one attached hydrogen (secondary N) is 9. The van der Waals surface area contributed by atoms with Crippen molar-refractivity contribution in [1.29, 1.82) is 0 Å². The van der Waals surface area contributed by atoms with Gasteiger partial charge in [0, 0.05) is 102 Å². The third-order valence-electron chi connectivity index (χ3n) is 18.1. The third-order valence-corrected chi connectivity index (χ3v) is 20.2. The summed E-state index contributed by atoms with van der Waals surface area (Å²) in [5.41, 5.74) is 14.3. The van der Waals surface area contributed by atoms with Gasteiger partial charge >= 0.3 is 0 Å². The molecular formula is C69H85F2N13O12S2. The second kappa shape index (κ2) is 33.9.